The minimum absolute atomic E-state index is 0.558. The van der Waals surface area contributed by atoms with Crippen LogP contribution in [0.4, 0.5) is 0 Å². The zero-order valence-corrected chi connectivity index (χ0v) is 9.21. The van der Waals surface area contributed by atoms with Gasteiger partial charge in [-0.15, -0.1) is 0 Å². The number of fused-ring (bicyclic) bond motifs is 2. The lowest BCUT2D eigenvalue weighted by Crippen LogP contribution is -2.12. The van der Waals surface area contributed by atoms with Crippen LogP contribution in [0, 0.1) is 0 Å². The van der Waals surface area contributed by atoms with Gasteiger partial charge in [0.2, 0.25) is 0 Å². The zero-order chi connectivity index (χ0) is 11.1. The number of hydrogen-bond donors (Lipinski definition) is 2. The molecule has 4 heteroatoms. The topological polar surface area (TPSA) is 70.5 Å². The van der Waals surface area contributed by atoms with E-state index in [4.69, 9.17) is 20.9 Å². The van der Waals surface area contributed by atoms with E-state index in [2.05, 4.69) is 0 Å². The van der Waals surface area contributed by atoms with Gasteiger partial charge < -0.3 is 20.9 Å². The summed E-state index contributed by atoms with van der Waals surface area (Å²) in [6.45, 7) is 3.79. The highest BCUT2D eigenvalue weighted by Crippen LogP contribution is 2.36. The Morgan fingerprint density at radius 3 is 1.25 bits per heavy atom. The molecule has 86 valence electrons. The van der Waals surface area contributed by atoms with Gasteiger partial charge >= 0.3 is 0 Å². The monoisotopic (exact) mass is 220 g/mol. The van der Waals surface area contributed by atoms with Crippen molar-refractivity contribution < 1.29 is 9.47 Å². The van der Waals surface area contributed by atoms with Gasteiger partial charge in [-0.2, -0.15) is 0 Å². The number of ether oxygens (including phenoxy) is 2. The number of benzene rings is 1. The Hall–Kier alpha value is -0.940. The summed E-state index contributed by atoms with van der Waals surface area (Å²) < 4.78 is 11.1. The highest BCUT2D eigenvalue weighted by atomic mass is 16.5. The van der Waals surface area contributed by atoms with Crippen molar-refractivity contribution in [3.8, 4) is 0 Å². The molecule has 0 atom stereocenters. The summed E-state index contributed by atoms with van der Waals surface area (Å²) in [6.07, 6.45) is 0. The summed E-state index contributed by atoms with van der Waals surface area (Å²) in [7, 11) is 0. The van der Waals surface area contributed by atoms with E-state index in [1.807, 2.05) is 0 Å². The first-order valence-electron chi connectivity index (χ1n) is 5.59. The molecule has 0 saturated heterocycles. The van der Waals surface area contributed by atoms with Crippen LogP contribution in [0.3, 0.4) is 0 Å². The molecule has 0 aliphatic carbocycles. The molecule has 1 aromatic rings. The molecule has 16 heavy (non-hydrogen) atoms. The Morgan fingerprint density at radius 2 is 1.00 bits per heavy atom. The fourth-order valence-corrected chi connectivity index (χ4v) is 2.79. The fourth-order valence-electron chi connectivity index (χ4n) is 2.79. The molecular weight excluding hydrogens is 204 g/mol. The first kappa shape index (κ1) is 10.2. The summed E-state index contributed by atoms with van der Waals surface area (Å²) >= 11 is 0. The van der Waals surface area contributed by atoms with E-state index < -0.39 is 0 Å². The largest absolute Gasteiger partial charge is 0.372 e. The Morgan fingerprint density at radius 1 is 0.688 bits per heavy atom. The molecule has 0 radical (unpaired) electrons. The molecule has 1 aromatic carbocycles. The van der Waals surface area contributed by atoms with Gasteiger partial charge in [-0.1, -0.05) is 0 Å². The predicted octanol–water partition coefficient (Wildman–Crippen LogP) is 0.664. The molecule has 2 heterocycles. The van der Waals surface area contributed by atoms with Crippen LogP contribution in [0.5, 0.6) is 0 Å². The number of nitrogens with two attached hydrogens (primary N) is 2. The highest BCUT2D eigenvalue weighted by Gasteiger charge is 2.28. The van der Waals surface area contributed by atoms with E-state index in [-0.39, 0.29) is 0 Å². The Bertz CT molecular complexity index is 369. The van der Waals surface area contributed by atoms with E-state index in [0.717, 1.165) is 0 Å². The third kappa shape index (κ3) is 1.25. The lowest BCUT2D eigenvalue weighted by atomic mass is 9.89. The summed E-state index contributed by atoms with van der Waals surface area (Å²) in [5.41, 5.74) is 19.2. The smallest absolute Gasteiger partial charge is 0.0728 e. The summed E-state index contributed by atoms with van der Waals surface area (Å²) in [4.78, 5) is 0. The molecule has 4 nitrogen and oxygen atoms in total. The van der Waals surface area contributed by atoms with E-state index in [1.54, 1.807) is 0 Å². The van der Waals surface area contributed by atoms with Gasteiger partial charge in [-0.25, -0.2) is 0 Å². The highest BCUT2D eigenvalue weighted by molar-refractivity contribution is 5.53. The van der Waals surface area contributed by atoms with Crippen LogP contribution in [-0.2, 0) is 49.0 Å². The van der Waals surface area contributed by atoms with Gasteiger partial charge in [-0.05, 0) is 33.4 Å². The molecule has 0 fully saturated rings. The average Bonchev–Trinajstić information content (AvgIpc) is 2.93. The first-order valence-corrected chi connectivity index (χ1v) is 5.59. The minimum Gasteiger partial charge on any atom is -0.372 e. The third-order valence-corrected chi connectivity index (χ3v) is 3.58. The predicted molar refractivity (Wildman–Crippen MR) is 59.2 cm³/mol. The molecule has 0 amide bonds. The molecule has 2 aliphatic rings. The second-order valence-electron chi connectivity index (χ2n) is 4.27. The van der Waals surface area contributed by atoms with Gasteiger partial charge in [0.15, 0.2) is 0 Å². The maximum absolute atomic E-state index is 5.85. The van der Waals surface area contributed by atoms with Crippen molar-refractivity contribution in [1.82, 2.24) is 0 Å². The van der Waals surface area contributed by atoms with Crippen molar-refractivity contribution in [2.75, 3.05) is 0 Å². The lowest BCUT2D eigenvalue weighted by Gasteiger charge is -2.15. The third-order valence-electron chi connectivity index (χ3n) is 3.58. The van der Waals surface area contributed by atoms with Gasteiger partial charge in [-0.3, -0.25) is 0 Å². The Balaban J connectivity index is 2.29. The zero-order valence-electron chi connectivity index (χ0n) is 9.21. The SMILES string of the molecule is NCc1c2c(c(CN)c3c1COC3)COC2. The maximum atomic E-state index is 5.85. The number of rotatable bonds is 2. The Kier molecular flexibility index (Phi) is 2.44. The summed E-state index contributed by atoms with van der Waals surface area (Å²) in [5.74, 6) is 0. The molecule has 3 rings (SSSR count). The normalized spacial score (nSPS) is 17.6. The van der Waals surface area contributed by atoms with E-state index >= 15 is 0 Å². The molecule has 0 unspecified atom stereocenters. The van der Waals surface area contributed by atoms with E-state index in [9.17, 15) is 0 Å². The molecular formula is C12H16N2O2. The van der Waals surface area contributed by atoms with Crippen molar-refractivity contribution in [2.24, 2.45) is 11.5 Å². The van der Waals surface area contributed by atoms with Crippen LogP contribution in [-0.4, -0.2) is 0 Å². The molecule has 0 saturated carbocycles. The van der Waals surface area contributed by atoms with Crippen molar-refractivity contribution in [2.45, 2.75) is 39.5 Å². The van der Waals surface area contributed by atoms with Crippen molar-refractivity contribution in [1.29, 1.82) is 0 Å². The molecule has 0 bridgehead atoms. The first-order chi connectivity index (χ1) is 7.86. The quantitative estimate of drug-likeness (QED) is 0.768. The fraction of sp³-hybridized carbons (Fsp3) is 0.500. The molecule has 0 spiro atoms. The van der Waals surface area contributed by atoms with Gasteiger partial charge in [0.05, 0.1) is 26.4 Å². The van der Waals surface area contributed by atoms with Crippen LogP contribution >= 0.6 is 0 Å². The second kappa shape index (κ2) is 3.82. The van der Waals surface area contributed by atoms with E-state index in [0.29, 0.717) is 39.5 Å². The van der Waals surface area contributed by atoms with Crippen LogP contribution in [0.25, 0.3) is 0 Å². The lowest BCUT2D eigenvalue weighted by molar-refractivity contribution is 0.129. The molecule has 4 N–H and O–H groups in total. The van der Waals surface area contributed by atoms with Gasteiger partial charge in [0.25, 0.3) is 0 Å². The minimum atomic E-state index is 0.558. The van der Waals surface area contributed by atoms with Crippen molar-refractivity contribution >= 4 is 0 Å². The standard InChI is InChI=1S/C12H16N2O2/c13-1-7-9-3-15-5-11(9)8(2-14)12-6-16-4-10(7)12/h1-6,13-14H2. The van der Waals surface area contributed by atoms with Gasteiger partial charge in [0, 0.05) is 13.1 Å². The van der Waals surface area contributed by atoms with Crippen LogP contribution in [0.2, 0.25) is 0 Å². The molecule has 2 aliphatic heterocycles. The second-order valence-corrected chi connectivity index (χ2v) is 4.27. The number of hydrogen-bond acceptors (Lipinski definition) is 4. The van der Waals surface area contributed by atoms with Crippen LogP contribution in [0.1, 0.15) is 33.4 Å². The Labute approximate surface area is 94.5 Å². The van der Waals surface area contributed by atoms with Crippen LogP contribution in [0.15, 0.2) is 0 Å². The average molecular weight is 220 g/mol. The van der Waals surface area contributed by atoms with Crippen molar-refractivity contribution in [3.63, 3.8) is 0 Å². The van der Waals surface area contributed by atoms with Gasteiger partial charge in [0.1, 0.15) is 0 Å². The van der Waals surface area contributed by atoms with E-state index in [1.165, 1.54) is 33.4 Å². The van der Waals surface area contributed by atoms with Crippen molar-refractivity contribution in [3.05, 3.63) is 33.4 Å². The van der Waals surface area contributed by atoms with Crippen LogP contribution < -0.4 is 11.5 Å². The summed E-state index contributed by atoms with van der Waals surface area (Å²) in [5, 5.41) is 0. The molecule has 0 aromatic heterocycles. The summed E-state index contributed by atoms with van der Waals surface area (Å²) in [6, 6.07) is 0. The maximum Gasteiger partial charge on any atom is 0.0728 e.